The Bertz CT molecular complexity index is 980. The number of carbonyl (C=O) groups is 1. The molecule has 0 saturated carbocycles. The number of anilines is 1. The van der Waals surface area contributed by atoms with Gasteiger partial charge in [0.2, 0.25) is 15.9 Å². The summed E-state index contributed by atoms with van der Waals surface area (Å²) in [4.78, 5) is 24.7. The minimum atomic E-state index is -3.29. The van der Waals surface area contributed by atoms with Crippen molar-refractivity contribution in [3.8, 4) is 0 Å². The molecule has 1 aliphatic rings. The molecule has 0 radical (unpaired) electrons. The molecule has 3 rings (SSSR count). The molecular formula is C17H23N5O4S. The fourth-order valence-corrected chi connectivity index (χ4v) is 4.19. The molecule has 27 heavy (non-hydrogen) atoms. The average Bonchev–Trinajstić information content (AvgIpc) is 2.90. The molecule has 146 valence electrons. The maximum atomic E-state index is 12.5. The zero-order valence-electron chi connectivity index (χ0n) is 15.3. The van der Waals surface area contributed by atoms with Crippen molar-refractivity contribution in [1.82, 2.24) is 18.7 Å². The first-order valence-corrected chi connectivity index (χ1v) is 10.5. The van der Waals surface area contributed by atoms with Gasteiger partial charge < -0.3 is 5.32 Å². The van der Waals surface area contributed by atoms with Gasteiger partial charge in [0, 0.05) is 31.7 Å². The van der Waals surface area contributed by atoms with Gasteiger partial charge in [-0.25, -0.2) is 22.2 Å². The maximum Gasteiger partial charge on any atom is 0.346 e. The Morgan fingerprint density at radius 1 is 1.30 bits per heavy atom. The number of rotatable bonds is 5. The van der Waals surface area contributed by atoms with E-state index < -0.39 is 15.7 Å². The third-order valence-electron chi connectivity index (χ3n) is 4.64. The van der Waals surface area contributed by atoms with Crippen LogP contribution >= 0.6 is 0 Å². The minimum Gasteiger partial charge on any atom is -0.324 e. The van der Waals surface area contributed by atoms with Crippen LogP contribution in [0.2, 0.25) is 0 Å². The molecule has 1 aromatic carbocycles. The molecule has 1 N–H and O–H groups in total. The lowest BCUT2D eigenvalue weighted by Crippen LogP contribution is -2.39. The molecule has 2 aromatic rings. The SMILES string of the molecule is Cn1c([C@@H]2CCCN(S(C)(=O)=O)C2)nn(CC(=O)Nc2ccccc2)c1=O. The summed E-state index contributed by atoms with van der Waals surface area (Å²) >= 11 is 0. The lowest BCUT2D eigenvalue weighted by molar-refractivity contribution is -0.117. The smallest absolute Gasteiger partial charge is 0.324 e. The summed E-state index contributed by atoms with van der Waals surface area (Å²) in [6.07, 6.45) is 2.63. The van der Waals surface area contributed by atoms with Gasteiger partial charge in [0.1, 0.15) is 12.4 Å². The quantitative estimate of drug-likeness (QED) is 0.789. The highest BCUT2D eigenvalue weighted by Crippen LogP contribution is 2.26. The number of piperidine rings is 1. The molecule has 0 spiro atoms. The van der Waals surface area contributed by atoms with Crippen molar-refractivity contribution in [2.75, 3.05) is 24.7 Å². The topological polar surface area (TPSA) is 106 Å². The third-order valence-corrected chi connectivity index (χ3v) is 5.91. The summed E-state index contributed by atoms with van der Waals surface area (Å²) in [7, 11) is -1.70. The summed E-state index contributed by atoms with van der Waals surface area (Å²) in [5.74, 6) is -0.0279. The van der Waals surface area contributed by atoms with E-state index in [1.807, 2.05) is 6.07 Å². The van der Waals surface area contributed by atoms with E-state index in [4.69, 9.17) is 0 Å². The molecule has 1 saturated heterocycles. The van der Waals surface area contributed by atoms with E-state index in [1.165, 1.54) is 15.1 Å². The molecule has 2 heterocycles. The third kappa shape index (κ3) is 4.45. The van der Waals surface area contributed by atoms with Crippen molar-refractivity contribution >= 4 is 21.6 Å². The van der Waals surface area contributed by atoms with Crippen LogP contribution in [-0.4, -0.2) is 52.3 Å². The zero-order chi connectivity index (χ0) is 19.6. The van der Waals surface area contributed by atoms with E-state index in [2.05, 4.69) is 10.4 Å². The van der Waals surface area contributed by atoms with Gasteiger partial charge >= 0.3 is 5.69 Å². The standard InChI is InChI=1S/C17H23N5O4S/c1-20-16(13-7-6-10-21(11-13)27(2,25)26)19-22(17(20)24)12-15(23)18-14-8-4-3-5-9-14/h3-5,8-9,13H,6-7,10-12H2,1-2H3,(H,18,23)/t13-/m1/s1. The van der Waals surface area contributed by atoms with Gasteiger partial charge in [0.15, 0.2) is 0 Å². The zero-order valence-corrected chi connectivity index (χ0v) is 16.1. The lowest BCUT2D eigenvalue weighted by Gasteiger charge is -2.30. The van der Waals surface area contributed by atoms with E-state index in [-0.39, 0.29) is 18.4 Å². The van der Waals surface area contributed by atoms with E-state index in [1.54, 1.807) is 31.3 Å². The van der Waals surface area contributed by atoms with Gasteiger partial charge in [-0.2, -0.15) is 5.10 Å². The Balaban J connectivity index is 1.76. The normalized spacial score (nSPS) is 18.4. The van der Waals surface area contributed by atoms with Gasteiger partial charge in [0.25, 0.3) is 0 Å². The van der Waals surface area contributed by atoms with Crippen LogP contribution in [0.1, 0.15) is 24.6 Å². The van der Waals surface area contributed by atoms with Crippen molar-refractivity contribution in [3.63, 3.8) is 0 Å². The molecule has 1 amide bonds. The molecule has 1 fully saturated rings. The van der Waals surface area contributed by atoms with Crippen molar-refractivity contribution < 1.29 is 13.2 Å². The summed E-state index contributed by atoms with van der Waals surface area (Å²) in [5.41, 5.74) is 0.243. The Morgan fingerprint density at radius 2 is 2.00 bits per heavy atom. The second kappa shape index (κ2) is 7.65. The van der Waals surface area contributed by atoms with Gasteiger partial charge in [-0.1, -0.05) is 18.2 Å². The number of sulfonamides is 1. The van der Waals surface area contributed by atoms with Crippen LogP contribution < -0.4 is 11.0 Å². The van der Waals surface area contributed by atoms with Gasteiger partial charge in [0.05, 0.1) is 6.26 Å². The summed E-state index contributed by atoms with van der Waals surface area (Å²) in [6, 6.07) is 8.96. The molecule has 0 bridgehead atoms. The second-order valence-electron chi connectivity index (χ2n) is 6.73. The first kappa shape index (κ1) is 19.3. The minimum absolute atomic E-state index is 0.176. The summed E-state index contributed by atoms with van der Waals surface area (Å²) in [6.45, 7) is 0.562. The summed E-state index contributed by atoms with van der Waals surface area (Å²) < 4.78 is 27.6. The van der Waals surface area contributed by atoms with E-state index in [0.29, 0.717) is 31.0 Å². The lowest BCUT2D eigenvalue weighted by atomic mass is 9.99. The highest BCUT2D eigenvalue weighted by molar-refractivity contribution is 7.88. The number of amides is 1. The molecule has 0 unspecified atom stereocenters. The van der Waals surface area contributed by atoms with Gasteiger partial charge in [-0.15, -0.1) is 0 Å². The summed E-state index contributed by atoms with van der Waals surface area (Å²) in [5, 5.41) is 7.03. The Hall–Kier alpha value is -2.46. The molecule has 1 atom stereocenters. The first-order valence-electron chi connectivity index (χ1n) is 8.69. The van der Waals surface area contributed by atoms with Crippen molar-refractivity contribution in [2.24, 2.45) is 7.05 Å². The first-order chi connectivity index (χ1) is 12.8. The highest BCUT2D eigenvalue weighted by Gasteiger charge is 2.30. The fourth-order valence-electron chi connectivity index (χ4n) is 3.28. The predicted molar refractivity (Wildman–Crippen MR) is 101 cm³/mol. The van der Waals surface area contributed by atoms with Crippen LogP contribution in [0.5, 0.6) is 0 Å². The van der Waals surface area contributed by atoms with E-state index in [0.717, 1.165) is 11.1 Å². The molecule has 1 aliphatic heterocycles. The van der Waals surface area contributed by atoms with Crippen LogP contribution in [0.15, 0.2) is 35.1 Å². The number of carbonyl (C=O) groups excluding carboxylic acids is 1. The van der Waals surface area contributed by atoms with Crippen molar-refractivity contribution in [2.45, 2.75) is 25.3 Å². The Morgan fingerprint density at radius 3 is 2.67 bits per heavy atom. The predicted octanol–water partition coefficient (Wildman–Crippen LogP) is 0.360. The molecule has 9 nitrogen and oxygen atoms in total. The number of aromatic nitrogens is 3. The van der Waals surface area contributed by atoms with Crippen LogP contribution in [-0.2, 0) is 28.4 Å². The fraction of sp³-hybridized carbons (Fsp3) is 0.471. The monoisotopic (exact) mass is 393 g/mol. The Kier molecular flexibility index (Phi) is 5.47. The van der Waals surface area contributed by atoms with Crippen LogP contribution in [0, 0.1) is 0 Å². The number of nitrogens with zero attached hydrogens (tertiary/aromatic N) is 4. The number of hydrogen-bond acceptors (Lipinski definition) is 5. The van der Waals surface area contributed by atoms with Crippen LogP contribution in [0.4, 0.5) is 5.69 Å². The number of nitrogens with one attached hydrogen (secondary N) is 1. The molecular weight excluding hydrogens is 370 g/mol. The Labute approximate surface area is 157 Å². The van der Waals surface area contributed by atoms with Crippen molar-refractivity contribution in [3.05, 3.63) is 46.6 Å². The molecule has 1 aromatic heterocycles. The second-order valence-corrected chi connectivity index (χ2v) is 8.71. The highest BCUT2D eigenvalue weighted by atomic mass is 32.2. The van der Waals surface area contributed by atoms with E-state index in [9.17, 15) is 18.0 Å². The van der Waals surface area contributed by atoms with Gasteiger partial charge in [-0.05, 0) is 25.0 Å². The molecule has 10 heteroatoms. The van der Waals surface area contributed by atoms with E-state index >= 15 is 0 Å². The average molecular weight is 393 g/mol. The van der Waals surface area contributed by atoms with Gasteiger partial charge in [-0.3, -0.25) is 9.36 Å². The van der Waals surface area contributed by atoms with Crippen LogP contribution in [0.25, 0.3) is 0 Å². The molecule has 0 aliphatic carbocycles. The number of para-hydroxylation sites is 1. The maximum absolute atomic E-state index is 12.5. The van der Waals surface area contributed by atoms with Crippen LogP contribution in [0.3, 0.4) is 0 Å². The number of hydrogen-bond donors (Lipinski definition) is 1. The van der Waals surface area contributed by atoms with Crippen molar-refractivity contribution in [1.29, 1.82) is 0 Å². The number of benzene rings is 1. The largest absolute Gasteiger partial charge is 0.346 e.